The molecular formula is C23H23N3O7S2. The lowest BCUT2D eigenvalue weighted by molar-refractivity contribution is -0.384. The maximum absolute atomic E-state index is 13.0. The summed E-state index contributed by atoms with van der Waals surface area (Å²) in [4.78, 5) is 50.7. The van der Waals surface area contributed by atoms with Gasteiger partial charge in [-0.3, -0.25) is 19.7 Å². The highest BCUT2D eigenvalue weighted by Gasteiger charge is 2.57. The number of amides is 2. The largest absolute Gasteiger partial charge is 0.456 e. The summed E-state index contributed by atoms with van der Waals surface area (Å²) in [5.41, 5.74) is 0.663. The van der Waals surface area contributed by atoms with Crippen LogP contribution in [0, 0.1) is 16.0 Å². The van der Waals surface area contributed by atoms with E-state index in [1.54, 1.807) is 19.1 Å². The van der Waals surface area contributed by atoms with Crippen LogP contribution in [-0.4, -0.2) is 57.2 Å². The maximum Gasteiger partial charge on any atom is 0.356 e. The SMILES string of the molecule is C[C@H](O)[C@H]1C(=O)N2C(C(=O)OCc3ccc([N+](=O)[O-])cc3)=C(SCCNC(=O)c3cccs3)C[C@H]12. The Kier molecular flexibility index (Phi) is 7.53. The van der Waals surface area contributed by atoms with Gasteiger partial charge in [-0.2, -0.15) is 0 Å². The molecule has 1 aromatic heterocycles. The molecule has 0 spiro atoms. The quantitative estimate of drug-likeness (QED) is 0.161. The van der Waals surface area contributed by atoms with Gasteiger partial charge in [0.25, 0.3) is 11.6 Å². The number of thiophene rings is 1. The van der Waals surface area contributed by atoms with Gasteiger partial charge in [0, 0.05) is 35.8 Å². The third-order valence-corrected chi connectivity index (χ3v) is 7.79. The van der Waals surface area contributed by atoms with Crippen LogP contribution in [0.1, 0.15) is 28.6 Å². The van der Waals surface area contributed by atoms with Crippen molar-refractivity contribution >= 4 is 46.6 Å². The van der Waals surface area contributed by atoms with Gasteiger partial charge in [-0.15, -0.1) is 23.1 Å². The van der Waals surface area contributed by atoms with Crippen LogP contribution in [0.3, 0.4) is 0 Å². The van der Waals surface area contributed by atoms with E-state index in [4.69, 9.17) is 4.74 Å². The molecule has 1 aromatic carbocycles. The molecule has 12 heteroatoms. The van der Waals surface area contributed by atoms with E-state index in [1.807, 2.05) is 5.38 Å². The number of β-lactam (4-membered cyclic amide) rings is 1. The molecule has 2 aromatic rings. The minimum absolute atomic E-state index is 0.0679. The summed E-state index contributed by atoms with van der Waals surface area (Å²) in [6, 6.07) is 8.87. The Morgan fingerprint density at radius 2 is 2.09 bits per heavy atom. The van der Waals surface area contributed by atoms with E-state index in [0.29, 0.717) is 34.1 Å². The number of carbonyl (C=O) groups is 3. The van der Waals surface area contributed by atoms with Crippen molar-refractivity contribution in [2.45, 2.75) is 32.1 Å². The topological polar surface area (TPSA) is 139 Å². The van der Waals surface area contributed by atoms with E-state index >= 15 is 0 Å². The highest BCUT2D eigenvalue weighted by atomic mass is 32.2. The van der Waals surface area contributed by atoms with Gasteiger partial charge in [-0.05, 0) is 36.1 Å². The van der Waals surface area contributed by atoms with Crippen LogP contribution in [0.25, 0.3) is 0 Å². The zero-order valence-corrected chi connectivity index (χ0v) is 20.3. The Bertz CT molecular complexity index is 1160. The lowest BCUT2D eigenvalue weighted by atomic mass is 9.83. The van der Waals surface area contributed by atoms with Crippen LogP contribution in [0.2, 0.25) is 0 Å². The van der Waals surface area contributed by atoms with Crippen LogP contribution in [0.15, 0.2) is 52.4 Å². The van der Waals surface area contributed by atoms with Gasteiger partial charge in [0.15, 0.2) is 0 Å². The highest BCUT2D eigenvalue weighted by molar-refractivity contribution is 8.03. The van der Waals surface area contributed by atoms with Crippen LogP contribution < -0.4 is 5.32 Å². The number of hydrogen-bond acceptors (Lipinski definition) is 9. The van der Waals surface area contributed by atoms with E-state index < -0.39 is 22.9 Å². The molecule has 0 bridgehead atoms. The number of rotatable bonds is 10. The first-order valence-corrected chi connectivity index (χ1v) is 12.7. The number of ether oxygens (including phenoxy) is 1. The molecule has 35 heavy (non-hydrogen) atoms. The second kappa shape index (κ2) is 10.6. The van der Waals surface area contributed by atoms with Gasteiger partial charge >= 0.3 is 5.97 Å². The highest BCUT2D eigenvalue weighted by Crippen LogP contribution is 2.47. The fourth-order valence-electron chi connectivity index (χ4n) is 4.11. The summed E-state index contributed by atoms with van der Waals surface area (Å²) < 4.78 is 5.43. The van der Waals surface area contributed by atoms with Crippen LogP contribution in [-0.2, 0) is 20.9 Å². The normalized spacial score (nSPS) is 19.7. The van der Waals surface area contributed by atoms with E-state index in [0.717, 1.165) is 0 Å². The first-order chi connectivity index (χ1) is 16.8. The van der Waals surface area contributed by atoms with E-state index in [2.05, 4.69) is 5.32 Å². The fourth-order valence-corrected chi connectivity index (χ4v) is 5.81. The summed E-state index contributed by atoms with van der Waals surface area (Å²) in [6.07, 6.45) is -0.414. The number of non-ortho nitro benzene ring substituents is 1. The van der Waals surface area contributed by atoms with Gasteiger partial charge < -0.3 is 20.1 Å². The van der Waals surface area contributed by atoms with Crippen molar-refractivity contribution in [3.63, 3.8) is 0 Å². The molecule has 2 aliphatic heterocycles. The number of nitro benzene ring substituents is 1. The Morgan fingerprint density at radius 3 is 2.71 bits per heavy atom. The third-order valence-electron chi connectivity index (χ3n) is 5.81. The molecule has 2 amide bonds. The molecule has 2 N–H and O–H groups in total. The second-order valence-corrected chi connectivity index (χ2v) is 10.2. The number of aliphatic hydroxyl groups is 1. The van der Waals surface area contributed by atoms with E-state index in [1.165, 1.54) is 52.3 Å². The van der Waals surface area contributed by atoms with E-state index in [9.17, 15) is 29.6 Å². The molecule has 184 valence electrons. The molecule has 10 nitrogen and oxygen atoms in total. The number of nitro groups is 1. The molecule has 3 heterocycles. The summed E-state index contributed by atoms with van der Waals surface area (Å²) in [5, 5.41) is 25.5. The zero-order valence-electron chi connectivity index (χ0n) is 18.7. The van der Waals surface area contributed by atoms with Crippen molar-refractivity contribution in [1.29, 1.82) is 0 Å². The first-order valence-electron chi connectivity index (χ1n) is 10.9. The number of carbonyl (C=O) groups excluding carboxylic acids is 3. The zero-order chi connectivity index (χ0) is 25.1. The van der Waals surface area contributed by atoms with Crippen molar-refractivity contribution < 1.29 is 29.2 Å². The molecule has 2 aliphatic rings. The Hall–Kier alpha value is -3.22. The minimum atomic E-state index is -0.837. The number of nitrogens with one attached hydrogen (secondary N) is 1. The van der Waals surface area contributed by atoms with Crippen molar-refractivity contribution in [1.82, 2.24) is 10.2 Å². The molecule has 0 saturated carbocycles. The smallest absolute Gasteiger partial charge is 0.356 e. The number of thioether (sulfide) groups is 1. The fraction of sp³-hybridized carbons (Fsp3) is 0.348. The standard InChI is InChI=1S/C23H23N3O7S2/c1-13(27)19-16-11-18(35-10-8-24-21(28)17-3-2-9-34-17)20(25(16)22(19)29)23(30)33-12-14-4-6-15(7-5-14)26(31)32/h2-7,9,13,16,19,27H,8,10-12H2,1H3,(H,24,28)/t13-,16+,19+/m0/s1. The van der Waals surface area contributed by atoms with Crippen LogP contribution in [0.4, 0.5) is 5.69 Å². The predicted octanol–water partition coefficient (Wildman–Crippen LogP) is 2.69. The van der Waals surface area contributed by atoms with Crippen molar-refractivity contribution in [3.8, 4) is 0 Å². The first kappa shape index (κ1) is 24.9. The maximum atomic E-state index is 13.0. The lowest BCUT2D eigenvalue weighted by Crippen LogP contribution is -2.61. The van der Waals surface area contributed by atoms with Gasteiger partial charge in [0.2, 0.25) is 5.91 Å². The average Bonchev–Trinajstić information content (AvgIpc) is 3.47. The lowest BCUT2D eigenvalue weighted by Gasteiger charge is -2.44. The van der Waals surface area contributed by atoms with Gasteiger partial charge in [-0.1, -0.05) is 6.07 Å². The van der Waals surface area contributed by atoms with Crippen LogP contribution >= 0.6 is 23.1 Å². The minimum Gasteiger partial charge on any atom is -0.456 e. The second-order valence-electron chi connectivity index (χ2n) is 8.10. The molecule has 0 radical (unpaired) electrons. The molecule has 1 fully saturated rings. The molecule has 4 rings (SSSR count). The summed E-state index contributed by atoms with van der Waals surface area (Å²) in [7, 11) is 0. The average molecular weight is 518 g/mol. The summed E-state index contributed by atoms with van der Waals surface area (Å²) in [6.45, 7) is 1.81. The predicted molar refractivity (Wildman–Crippen MR) is 129 cm³/mol. The molecule has 0 unspecified atom stereocenters. The molecular weight excluding hydrogens is 494 g/mol. The number of aliphatic hydroxyl groups excluding tert-OH is 1. The Morgan fingerprint density at radius 1 is 1.34 bits per heavy atom. The molecule has 3 atom stereocenters. The van der Waals surface area contributed by atoms with Crippen LogP contribution in [0.5, 0.6) is 0 Å². The Labute approximate surface area is 209 Å². The number of fused-ring (bicyclic) bond motifs is 1. The van der Waals surface area contributed by atoms with E-state index in [-0.39, 0.29) is 35.8 Å². The monoisotopic (exact) mass is 517 g/mol. The molecule has 0 aliphatic carbocycles. The number of benzene rings is 1. The summed E-state index contributed by atoms with van der Waals surface area (Å²) in [5.74, 6) is -1.26. The number of nitrogens with zero attached hydrogens (tertiary/aromatic N) is 2. The van der Waals surface area contributed by atoms with Gasteiger partial charge in [0.1, 0.15) is 12.3 Å². The summed E-state index contributed by atoms with van der Waals surface area (Å²) >= 11 is 2.71. The van der Waals surface area contributed by atoms with Crippen molar-refractivity contribution in [2.75, 3.05) is 12.3 Å². The van der Waals surface area contributed by atoms with Crippen molar-refractivity contribution in [3.05, 3.63) is 72.9 Å². The molecule has 1 saturated heterocycles. The van der Waals surface area contributed by atoms with Gasteiger partial charge in [-0.25, -0.2) is 4.79 Å². The Balaban J connectivity index is 1.41. The number of hydrogen-bond donors (Lipinski definition) is 2. The van der Waals surface area contributed by atoms with Crippen molar-refractivity contribution in [2.24, 2.45) is 5.92 Å². The third kappa shape index (κ3) is 5.24. The number of esters is 1. The van der Waals surface area contributed by atoms with Gasteiger partial charge in [0.05, 0.1) is 27.9 Å².